The molecule has 1 amide bonds. The van der Waals surface area contributed by atoms with Crippen LogP contribution in [0.25, 0.3) is 0 Å². The molecule has 0 radical (unpaired) electrons. The van der Waals surface area contributed by atoms with Crippen LogP contribution in [0, 0.1) is 5.82 Å². The number of benzene rings is 3. The Morgan fingerprint density at radius 1 is 0.852 bits per heavy atom. The third-order valence-electron chi connectivity index (χ3n) is 3.93. The van der Waals surface area contributed by atoms with Crippen molar-refractivity contribution in [2.24, 2.45) is 0 Å². The first-order valence-electron chi connectivity index (χ1n) is 8.19. The predicted molar refractivity (Wildman–Crippen MR) is 95.2 cm³/mol. The summed E-state index contributed by atoms with van der Waals surface area (Å²) in [4.78, 5) is 12.6. The van der Waals surface area contributed by atoms with E-state index in [0.29, 0.717) is 5.56 Å². The van der Waals surface area contributed by atoms with Gasteiger partial charge in [0.15, 0.2) is 0 Å². The summed E-state index contributed by atoms with van der Waals surface area (Å²) < 4.78 is 42.4. The van der Waals surface area contributed by atoms with Crippen molar-refractivity contribution in [3.8, 4) is 5.75 Å². The first-order valence-corrected chi connectivity index (χ1v) is 8.19. The average molecular weight is 371 g/mol. The quantitative estimate of drug-likeness (QED) is 0.666. The fourth-order valence-electron chi connectivity index (χ4n) is 2.69. The van der Waals surface area contributed by atoms with Crippen molar-refractivity contribution < 1.29 is 22.7 Å². The van der Waals surface area contributed by atoms with Crippen molar-refractivity contribution in [3.63, 3.8) is 0 Å². The molecule has 0 aliphatic rings. The summed E-state index contributed by atoms with van der Waals surface area (Å²) in [5.74, 6) is -0.930. The zero-order valence-electron chi connectivity index (χ0n) is 14.1. The highest BCUT2D eigenvalue weighted by Crippen LogP contribution is 2.25. The number of alkyl halides is 2. The minimum Gasteiger partial charge on any atom is -0.435 e. The van der Waals surface area contributed by atoms with Gasteiger partial charge in [-0.05, 0) is 41.5 Å². The summed E-state index contributed by atoms with van der Waals surface area (Å²) >= 11 is 0. The van der Waals surface area contributed by atoms with Crippen LogP contribution < -0.4 is 10.1 Å². The van der Waals surface area contributed by atoms with Gasteiger partial charge in [-0.3, -0.25) is 4.79 Å². The van der Waals surface area contributed by atoms with Crippen LogP contribution in [0.1, 0.15) is 27.5 Å². The highest BCUT2D eigenvalue weighted by atomic mass is 19.3. The van der Waals surface area contributed by atoms with Crippen molar-refractivity contribution in [1.82, 2.24) is 5.32 Å². The number of amides is 1. The molecule has 0 aliphatic heterocycles. The first kappa shape index (κ1) is 18.5. The van der Waals surface area contributed by atoms with Crippen LogP contribution in [0.4, 0.5) is 13.2 Å². The van der Waals surface area contributed by atoms with Gasteiger partial charge in [-0.1, -0.05) is 48.5 Å². The van der Waals surface area contributed by atoms with Gasteiger partial charge in [0.1, 0.15) is 11.6 Å². The van der Waals surface area contributed by atoms with E-state index in [1.807, 2.05) is 30.3 Å². The molecule has 6 heteroatoms. The van der Waals surface area contributed by atoms with Crippen LogP contribution in [0.3, 0.4) is 0 Å². The smallest absolute Gasteiger partial charge is 0.387 e. The van der Waals surface area contributed by atoms with E-state index in [4.69, 9.17) is 0 Å². The number of ether oxygens (including phenoxy) is 1. The third kappa shape index (κ3) is 4.88. The van der Waals surface area contributed by atoms with E-state index in [2.05, 4.69) is 10.1 Å². The Labute approximate surface area is 154 Å². The fraction of sp³-hybridized carbons (Fsp3) is 0.0952. The lowest BCUT2D eigenvalue weighted by Gasteiger charge is -2.20. The van der Waals surface area contributed by atoms with E-state index in [-0.39, 0.29) is 11.3 Å². The molecule has 27 heavy (non-hydrogen) atoms. The van der Waals surface area contributed by atoms with E-state index in [1.54, 1.807) is 12.1 Å². The molecule has 1 atom stereocenters. The van der Waals surface area contributed by atoms with E-state index in [9.17, 15) is 18.0 Å². The highest BCUT2D eigenvalue weighted by Gasteiger charge is 2.18. The van der Waals surface area contributed by atoms with E-state index < -0.39 is 24.4 Å². The summed E-state index contributed by atoms with van der Waals surface area (Å²) in [5.41, 5.74) is 1.66. The molecule has 0 aliphatic carbocycles. The number of carbonyl (C=O) groups excluding carboxylic acids is 1. The highest BCUT2D eigenvalue weighted by molar-refractivity contribution is 5.94. The molecule has 0 saturated heterocycles. The van der Waals surface area contributed by atoms with Crippen LogP contribution in [0.2, 0.25) is 0 Å². The van der Waals surface area contributed by atoms with Crippen molar-refractivity contribution in [2.75, 3.05) is 0 Å². The number of hydrogen-bond donors (Lipinski definition) is 1. The second kappa shape index (κ2) is 8.40. The van der Waals surface area contributed by atoms with Gasteiger partial charge in [-0.25, -0.2) is 4.39 Å². The average Bonchev–Trinajstić information content (AvgIpc) is 2.67. The zero-order valence-corrected chi connectivity index (χ0v) is 14.1. The Morgan fingerprint density at radius 2 is 1.52 bits per heavy atom. The van der Waals surface area contributed by atoms with E-state index >= 15 is 0 Å². The van der Waals surface area contributed by atoms with Crippen molar-refractivity contribution >= 4 is 5.91 Å². The van der Waals surface area contributed by atoms with Gasteiger partial charge >= 0.3 is 6.61 Å². The molecule has 3 nitrogen and oxygen atoms in total. The Kier molecular flexibility index (Phi) is 5.76. The summed E-state index contributed by atoms with van der Waals surface area (Å²) in [5, 5.41) is 2.86. The van der Waals surface area contributed by atoms with Gasteiger partial charge in [-0.2, -0.15) is 8.78 Å². The normalized spacial score (nSPS) is 11.9. The predicted octanol–water partition coefficient (Wildman–Crippen LogP) is 4.95. The largest absolute Gasteiger partial charge is 0.435 e. The molecule has 0 unspecified atom stereocenters. The molecule has 3 aromatic rings. The molecule has 0 heterocycles. The molecule has 0 fully saturated rings. The van der Waals surface area contributed by atoms with Gasteiger partial charge in [-0.15, -0.1) is 0 Å². The molecule has 3 aromatic carbocycles. The topological polar surface area (TPSA) is 38.3 Å². The zero-order chi connectivity index (χ0) is 19.2. The summed E-state index contributed by atoms with van der Waals surface area (Å²) in [6.07, 6.45) is 0. The SMILES string of the molecule is O=C(N[C@H](c1ccccc1)c1ccc(OC(F)F)cc1)c1cccc(F)c1. The van der Waals surface area contributed by atoms with Crippen molar-refractivity contribution in [1.29, 1.82) is 0 Å². The first-order chi connectivity index (χ1) is 13.0. The molecule has 0 bridgehead atoms. The summed E-state index contributed by atoms with van der Waals surface area (Å²) in [6.45, 7) is -2.91. The fourth-order valence-corrected chi connectivity index (χ4v) is 2.69. The number of hydrogen-bond acceptors (Lipinski definition) is 2. The number of halogens is 3. The molecule has 1 N–H and O–H groups in total. The van der Waals surface area contributed by atoms with E-state index in [1.165, 1.54) is 30.3 Å². The second-order valence-corrected chi connectivity index (χ2v) is 5.78. The lowest BCUT2D eigenvalue weighted by atomic mass is 9.98. The van der Waals surface area contributed by atoms with Crippen LogP contribution in [-0.4, -0.2) is 12.5 Å². The standard InChI is InChI=1S/C21H16F3NO2/c22-17-8-4-7-16(13-17)20(26)25-19(14-5-2-1-3-6-14)15-9-11-18(12-10-15)27-21(23)24/h1-13,19,21H,(H,25,26)/t19-/m1/s1. The maximum absolute atomic E-state index is 13.4. The van der Waals surface area contributed by atoms with Crippen LogP contribution in [0.15, 0.2) is 78.9 Å². The van der Waals surface area contributed by atoms with Gasteiger partial charge in [0.25, 0.3) is 5.91 Å². The summed E-state index contributed by atoms with van der Waals surface area (Å²) in [7, 11) is 0. The number of nitrogens with one attached hydrogen (secondary N) is 1. The molecule has 0 saturated carbocycles. The monoisotopic (exact) mass is 371 g/mol. The molecule has 138 valence electrons. The van der Waals surface area contributed by atoms with E-state index in [0.717, 1.165) is 11.6 Å². The van der Waals surface area contributed by atoms with Gasteiger partial charge in [0.2, 0.25) is 0 Å². The second-order valence-electron chi connectivity index (χ2n) is 5.78. The van der Waals surface area contributed by atoms with Gasteiger partial charge < -0.3 is 10.1 Å². The Bertz CT molecular complexity index is 899. The Morgan fingerprint density at radius 3 is 2.15 bits per heavy atom. The molecular weight excluding hydrogens is 355 g/mol. The maximum Gasteiger partial charge on any atom is 0.387 e. The van der Waals surface area contributed by atoms with Gasteiger partial charge in [0, 0.05) is 5.56 Å². The minimum absolute atomic E-state index is 0.0250. The van der Waals surface area contributed by atoms with Gasteiger partial charge in [0.05, 0.1) is 6.04 Å². The number of rotatable bonds is 6. The van der Waals surface area contributed by atoms with Crippen LogP contribution in [-0.2, 0) is 0 Å². The molecular formula is C21H16F3NO2. The lowest BCUT2D eigenvalue weighted by Crippen LogP contribution is -2.29. The Balaban J connectivity index is 1.89. The summed E-state index contributed by atoms with van der Waals surface area (Å²) in [6, 6.07) is 20.0. The van der Waals surface area contributed by atoms with Crippen LogP contribution >= 0.6 is 0 Å². The van der Waals surface area contributed by atoms with Crippen molar-refractivity contribution in [3.05, 3.63) is 101 Å². The minimum atomic E-state index is -2.91. The third-order valence-corrected chi connectivity index (χ3v) is 3.93. The van der Waals surface area contributed by atoms with Crippen molar-refractivity contribution in [2.45, 2.75) is 12.7 Å². The van der Waals surface area contributed by atoms with Crippen LogP contribution in [0.5, 0.6) is 5.75 Å². The number of carbonyl (C=O) groups is 1. The molecule has 0 aromatic heterocycles. The molecule has 0 spiro atoms. The maximum atomic E-state index is 13.4. The Hall–Kier alpha value is -3.28. The lowest BCUT2D eigenvalue weighted by molar-refractivity contribution is -0.0498. The molecule has 3 rings (SSSR count).